The van der Waals surface area contributed by atoms with Crippen LogP contribution in [-0.2, 0) is 16.1 Å². The minimum Gasteiger partial charge on any atom is -0.483 e. The van der Waals surface area contributed by atoms with E-state index in [1.165, 1.54) is 0 Å². The van der Waals surface area contributed by atoms with Crippen molar-refractivity contribution in [3.05, 3.63) is 63.6 Å². The summed E-state index contributed by atoms with van der Waals surface area (Å²) < 4.78 is 5.92. The van der Waals surface area contributed by atoms with Gasteiger partial charge in [-0.2, -0.15) is 0 Å². The number of rotatable bonds is 11. The number of carbonyl (C=O) groups is 2. The molecule has 0 aromatic heterocycles. The first kappa shape index (κ1) is 27.0. The number of hydrogen-bond acceptors (Lipinski definition) is 3. The Morgan fingerprint density at radius 3 is 2.33 bits per heavy atom. The van der Waals surface area contributed by atoms with Gasteiger partial charge >= 0.3 is 0 Å². The average Bonchev–Trinajstić information content (AvgIpc) is 2.78. The highest BCUT2D eigenvalue weighted by molar-refractivity contribution is 6.42. The van der Waals surface area contributed by atoms with Gasteiger partial charge in [-0.3, -0.25) is 9.59 Å². The summed E-state index contributed by atoms with van der Waals surface area (Å²) in [5.41, 5.74) is 1.82. The molecule has 33 heavy (non-hydrogen) atoms. The van der Waals surface area contributed by atoms with Crippen LogP contribution in [0.2, 0.25) is 10.0 Å². The van der Waals surface area contributed by atoms with Crippen molar-refractivity contribution < 1.29 is 14.3 Å². The van der Waals surface area contributed by atoms with Crippen LogP contribution in [0.15, 0.2) is 42.5 Å². The summed E-state index contributed by atoms with van der Waals surface area (Å²) >= 11 is 12.2. The van der Waals surface area contributed by atoms with Crippen LogP contribution in [-0.4, -0.2) is 35.9 Å². The number of nitrogens with zero attached hydrogens (tertiary/aromatic N) is 1. The number of ether oxygens (including phenoxy) is 1. The molecule has 2 rings (SSSR count). The number of halogens is 2. The Morgan fingerprint density at radius 1 is 1.03 bits per heavy atom. The number of nitrogens with one attached hydrogen (secondary N) is 1. The summed E-state index contributed by atoms with van der Waals surface area (Å²) in [4.78, 5) is 27.9. The van der Waals surface area contributed by atoms with E-state index in [1.807, 2.05) is 51.1 Å². The predicted octanol–water partition coefficient (Wildman–Crippen LogP) is 6.08. The summed E-state index contributed by atoms with van der Waals surface area (Å²) in [7, 11) is 0. The summed E-state index contributed by atoms with van der Waals surface area (Å²) in [5.74, 6) is 0.788. The quantitative estimate of drug-likeness (QED) is 0.413. The normalized spacial score (nSPS) is 12.0. The lowest BCUT2D eigenvalue weighted by Gasteiger charge is -2.31. The van der Waals surface area contributed by atoms with Gasteiger partial charge in [-0.15, -0.1) is 0 Å². The second kappa shape index (κ2) is 12.9. The second-order valence-corrected chi connectivity index (χ2v) is 9.63. The molecule has 1 N–H and O–H groups in total. The first-order valence-corrected chi connectivity index (χ1v) is 12.1. The molecule has 0 aliphatic heterocycles. The van der Waals surface area contributed by atoms with Crippen LogP contribution in [0.5, 0.6) is 5.75 Å². The molecule has 0 bridgehead atoms. The molecule has 0 saturated heterocycles. The zero-order valence-electron chi connectivity index (χ0n) is 20.0. The van der Waals surface area contributed by atoms with E-state index in [1.54, 1.807) is 17.0 Å². The lowest BCUT2D eigenvalue weighted by atomic mass is 10.0. The molecule has 2 aromatic carbocycles. The third-order valence-corrected chi connectivity index (χ3v) is 6.04. The van der Waals surface area contributed by atoms with E-state index in [2.05, 4.69) is 19.2 Å². The molecule has 0 fully saturated rings. The summed E-state index contributed by atoms with van der Waals surface area (Å²) in [6, 6.07) is 12.3. The van der Waals surface area contributed by atoms with Crippen molar-refractivity contribution in [1.82, 2.24) is 10.2 Å². The number of hydrogen-bond donors (Lipinski definition) is 1. The Balaban J connectivity index is 2.27. The summed E-state index contributed by atoms with van der Waals surface area (Å²) in [5, 5.41) is 3.79. The molecule has 180 valence electrons. The Bertz CT molecular complexity index is 947. The predicted molar refractivity (Wildman–Crippen MR) is 135 cm³/mol. The van der Waals surface area contributed by atoms with Crippen LogP contribution >= 0.6 is 23.2 Å². The maximum absolute atomic E-state index is 13.4. The smallest absolute Gasteiger partial charge is 0.261 e. The van der Waals surface area contributed by atoms with Gasteiger partial charge in [0.25, 0.3) is 5.91 Å². The van der Waals surface area contributed by atoms with Crippen LogP contribution in [0.1, 0.15) is 58.1 Å². The molecule has 2 aromatic rings. The molecule has 7 heteroatoms. The van der Waals surface area contributed by atoms with Crippen molar-refractivity contribution in [3.63, 3.8) is 0 Å². The molecule has 0 aliphatic rings. The molecular formula is C26H34Cl2N2O3. The summed E-state index contributed by atoms with van der Waals surface area (Å²) in [6.45, 7) is 10.7. The minimum absolute atomic E-state index is 0.168. The fourth-order valence-electron chi connectivity index (χ4n) is 3.49. The van der Waals surface area contributed by atoms with E-state index in [-0.39, 0.29) is 30.9 Å². The van der Waals surface area contributed by atoms with Crippen molar-refractivity contribution in [1.29, 1.82) is 0 Å². The van der Waals surface area contributed by atoms with Crippen molar-refractivity contribution in [3.8, 4) is 5.75 Å². The third kappa shape index (κ3) is 7.94. The highest BCUT2D eigenvalue weighted by Gasteiger charge is 2.29. The van der Waals surface area contributed by atoms with E-state index in [0.717, 1.165) is 11.1 Å². The molecule has 0 heterocycles. The molecule has 0 radical (unpaired) electrons. The van der Waals surface area contributed by atoms with Crippen LogP contribution in [0.25, 0.3) is 0 Å². The van der Waals surface area contributed by atoms with Gasteiger partial charge in [-0.25, -0.2) is 0 Å². The van der Waals surface area contributed by atoms with Gasteiger partial charge in [0, 0.05) is 13.1 Å². The highest BCUT2D eigenvalue weighted by Crippen LogP contribution is 2.27. The van der Waals surface area contributed by atoms with Gasteiger partial charge in [0.1, 0.15) is 11.8 Å². The van der Waals surface area contributed by atoms with Gasteiger partial charge in [0.2, 0.25) is 5.91 Å². The second-order valence-electron chi connectivity index (χ2n) is 8.81. The molecule has 2 amide bonds. The van der Waals surface area contributed by atoms with Crippen LogP contribution in [0.3, 0.4) is 0 Å². The zero-order valence-corrected chi connectivity index (χ0v) is 21.5. The highest BCUT2D eigenvalue weighted by atomic mass is 35.5. The van der Waals surface area contributed by atoms with E-state index < -0.39 is 6.04 Å². The lowest BCUT2D eigenvalue weighted by Crippen LogP contribution is -2.50. The monoisotopic (exact) mass is 492 g/mol. The maximum atomic E-state index is 13.4. The molecule has 0 unspecified atom stereocenters. The van der Waals surface area contributed by atoms with Crippen molar-refractivity contribution >= 4 is 35.0 Å². The Hall–Kier alpha value is -2.24. The van der Waals surface area contributed by atoms with Crippen molar-refractivity contribution in [2.75, 3.05) is 13.2 Å². The van der Waals surface area contributed by atoms with Crippen molar-refractivity contribution in [2.24, 2.45) is 5.92 Å². The standard InChI is InChI=1S/C26H34Cl2N2O3/c1-6-23(26(32)29-14-17(2)3)30(15-19-11-12-21(27)22(28)13-19)25(31)16-33-24-10-8-7-9-20(24)18(4)5/h7-13,17-18,23H,6,14-16H2,1-5H3,(H,29,32)/t23-/m1/s1. The number of carbonyl (C=O) groups excluding carboxylic acids is 2. The first-order valence-electron chi connectivity index (χ1n) is 11.4. The van der Waals surface area contributed by atoms with Crippen molar-refractivity contribution in [2.45, 2.75) is 59.5 Å². The third-order valence-electron chi connectivity index (χ3n) is 5.30. The van der Waals surface area contributed by atoms with Gasteiger partial charge in [0.05, 0.1) is 10.0 Å². The van der Waals surface area contributed by atoms with Gasteiger partial charge in [0.15, 0.2) is 6.61 Å². The fourth-order valence-corrected chi connectivity index (χ4v) is 3.81. The molecule has 0 saturated carbocycles. The van der Waals surface area contributed by atoms with Gasteiger partial charge < -0.3 is 15.0 Å². The topological polar surface area (TPSA) is 58.6 Å². The van der Waals surface area contributed by atoms with Crippen LogP contribution in [0, 0.1) is 5.92 Å². The largest absolute Gasteiger partial charge is 0.483 e. The van der Waals surface area contributed by atoms with E-state index in [9.17, 15) is 9.59 Å². The molecule has 5 nitrogen and oxygen atoms in total. The average molecular weight is 493 g/mol. The van der Waals surface area contributed by atoms with Crippen LogP contribution < -0.4 is 10.1 Å². The molecule has 1 atom stereocenters. The number of amides is 2. The summed E-state index contributed by atoms with van der Waals surface area (Å²) in [6.07, 6.45) is 0.472. The Labute approximate surface area is 207 Å². The maximum Gasteiger partial charge on any atom is 0.261 e. The Morgan fingerprint density at radius 2 is 1.73 bits per heavy atom. The fraction of sp³-hybridized carbons (Fsp3) is 0.462. The molecule has 0 aliphatic carbocycles. The van der Waals surface area contributed by atoms with Gasteiger partial charge in [-0.1, -0.05) is 82.1 Å². The van der Waals surface area contributed by atoms with Crippen LogP contribution in [0.4, 0.5) is 0 Å². The SMILES string of the molecule is CC[C@H](C(=O)NCC(C)C)N(Cc1ccc(Cl)c(Cl)c1)C(=O)COc1ccccc1C(C)C. The Kier molecular flexibility index (Phi) is 10.5. The first-order chi connectivity index (χ1) is 15.6. The number of benzene rings is 2. The number of para-hydroxylation sites is 1. The van der Waals surface area contributed by atoms with E-state index in [0.29, 0.717) is 34.7 Å². The minimum atomic E-state index is -0.630. The molecular weight excluding hydrogens is 459 g/mol. The van der Waals surface area contributed by atoms with E-state index >= 15 is 0 Å². The zero-order chi connectivity index (χ0) is 24.5. The van der Waals surface area contributed by atoms with E-state index in [4.69, 9.17) is 27.9 Å². The molecule has 0 spiro atoms. The lowest BCUT2D eigenvalue weighted by molar-refractivity contribution is -0.143. The van der Waals surface area contributed by atoms with Gasteiger partial charge in [-0.05, 0) is 47.6 Å².